The minimum atomic E-state index is 0. The Morgan fingerprint density at radius 2 is 1.66 bits per heavy atom. The topological polar surface area (TPSA) is 42.9 Å². The van der Waals surface area contributed by atoms with Crippen molar-refractivity contribution < 1.29 is 0 Å². The highest BCUT2D eigenvalue weighted by molar-refractivity contribution is 14.0. The first kappa shape index (κ1) is 24.8. The van der Waals surface area contributed by atoms with Gasteiger partial charge in [0.05, 0.1) is 6.54 Å². The number of benzene rings is 2. The maximum absolute atomic E-state index is 4.83. The Labute approximate surface area is 210 Å². The molecule has 32 heavy (non-hydrogen) atoms. The van der Waals surface area contributed by atoms with Crippen LogP contribution in [0.25, 0.3) is 0 Å². The molecule has 0 radical (unpaired) electrons. The molecule has 1 unspecified atom stereocenters. The second-order valence-corrected chi connectivity index (χ2v) is 8.81. The van der Waals surface area contributed by atoms with E-state index in [2.05, 4.69) is 82.0 Å². The van der Waals surface area contributed by atoms with Crippen LogP contribution in [0.5, 0.6) is 0 Å². The van der Waals surface area contributed by atoms with Crippen molar-refractivity contribution >= 4 is 35.6 Å². The van der Waals surface area contributed by atoms with Crippen LogP contribution in [0.2, 0.25) is 0 Å². The second-order valence-electron chi connectivity index (χ2n) is 8.81. The highest BCUT2D eigenvalue weighted by atomic mass is 127. The van der Waals surface area contributed by atoms with Gasteiger partial charge < -0.3 is 15.5 Å². The van der Waals surface area contributed by atoms with Crippen LogP contribution in [0.1, 0.15) is 37.3 Å². The number of halogens is 1. The lowest BCUT2D eigenvalue weighted by molar-refractivity contribution is 0.331. The predicted octanol–water partition coefficient (Wildman–Crippen LogP) is 4.48. The van der Waals surface area contributed by atoms with Crippen LogP contribution in [-0.4, -0.2) is 50.1 Å². The molecule has 2 N–H and O–H groups in total. The molecule has 1 atom stereocenters. The minimum Gasteiger partial charge on any atom is -0.371 e. The molecule has 0 aromatic heterocycles. The van der Waals surface area contributed by atoms with Crippen molar-refractivity contribution in [1.82, 2.24) is 15.5 Å². The Kier molecular flexibility index (Phi) is 10.1. The van der Waals surface area contributed by atoms with Gasteiger partial charge in [0.15, 0.2) is 5.96 Å². The summed E-state index contributed by atoms with van der Waals surface area (Å²) in [5, 5.41) is 6.97. The fourth-order valence-electron chi connectivity index (χ4n) is 4.57. The molecular weight excluding hydrogens is 509 g/mol. The molecule has 0 bridgehead atoms. The fraction of sp³-hybridized carbons (Fsp3) is 0.500. The summed E-state index contributed by atoms with van der Waals surface area (Å²) < 4.78 is 0. The summed E-state index contributed by atoms with van der Waals surface area (Å²) in [5.74, 6) is 1.57. The van der Waals surface area contributed by atoms with Crippen LogP contribution < -0.4 is 15.5 Å². The molecule has 2 fully saturated rings. The Hall–Kier alpha value is -1.80. The zero-order chi connectivity index (χ0) is 21.3. The van der Waals surface area contributed by atoms with E-state index >= 15 is 0 Å². The molecule has 174 valence electrons. The van der Waals surface area contributed by atoms with Crippen molar-refractivity contribution in [2.24, 2.45) is 10.9 Å². The average molecular weight is 548 g/mol. The van der Waals surface area contributed by atoms with E-state index in [4.69, 9.17) is 4.99 Å². The molecule has 0 saturated carbocycles. The number of hydrogen-bond donors (Lipinski definition) is 2. The first-order valence-electron chi connectivity index (χ1n) is 11.9. The van der Waals surface area contributed by atoms with Crippen LogP contribution in [-0.2, 0) is 13.1 Å². The number of guanidine groups is 1. The third-order valence-corrected chi connectivity index (χ3v) is 6.36. The zero-order valence-corrected chi connectivity index (χ0v) is 21.6. The lowest BCUT2D eigenvalue weighted by Gasteiger charge is -2.19. The number of likely N-dealkylation sites (tertiary alicyclic amines) is 1. The maximum atomic E-state index is 4.83. The van der Waals surface area contributed by atoms with Gasteiger partial charge in [-0.15, -0.1) is 24.0 Å². The Bertz CT molecular complexity index is 818. The summed E-state index contributed by atoms with van der Waals surface area (Å²) in [6.45, 7) is 10.5. The molecule has 6 heteroatoms. The summed E-state index contributed by atoms with van der Waals surface area (Å²) in [4.78, 5) is 9.86. The van der Waals surface area contributed by atoms with Gasteiger partial charge in [0.25, 0.3) is 0 Å². The van der Waals surface area contributed by atoms with Gasteiger partial charge >= 0.3 is 0 Å². The number of anilines is 1. The quantitative estimate of drug-likeness (QED) is 0.291. The molecule has 2 aliphatic rings. The second kappa shape index (κ2) is 13.0. The normalized spacial score (nSPS) is 19.1. The van der Waals surface area contributed by atoms with Crippen LogP contribution in [0.3, 0.4) is 0 Å². The van der Waals surface area contributed by atoms with Crippen molar-refractivity contribution in [3.8, 4) is 0 Å². The maximum Gasteiger partial charge on any atom is 0.191 e. The summed E-state index contributed by atoms with van der Waals surface area (Å²) >= 11 is 0. The fourth-order valence-corrected chi connectivity index (χ4v) is 4.57. The number of nitrogens with zero attached hydrogens (tertiary/aromatic N) is 3. The number of hydrogen-bond acceptors (Lipinski definition) is 3. The van der Waals surface area contributed by atoms with Gasteiger partial charge in [-0.2, -0.15) is 0 Å². The first-order valence-corrected chi connectivity index (χ1v) is 11.9. The van der Waals surface area contributed by atoms with E-state index in [0.717, 1.165) is 38.7 Å². The van der Waals surface area contributed by atoms with Gasteiger partial charge in [-0.25, -0.2) is 4.99 Å². The molecule has 2 heterocycles. The van der Waals surface area contributed by atoms with E-state index < -0.39 is 0 Å². The molecule has 2 aromatic carbocycles. The van der Waals surface area contributed by atoms with Gasteiger partial charge in [-0.1, -0.05) is 42.5 Å². The number of para-hydroxylation sites is 1. The third-order valence-electron chi connectivity index (χ3n) is 6.36. The molecule has 4 rings (SSSR count). The predicted molar refractivity (Wildman–Crippen MR) is 146 cm³/mol. The van der Waals surface area contributed by atoms with Crippen LogP contribution in [0.15, 0.2) is 59.6 Å². The molecule has 0 amide bonds. The van der Waals surface area contributed by atoms with Gasteiger partial charge in [0.2, 0.25) is 0 Å². The molecule has 0 spiro atoms. The number of aliphatic imine (C=N–C) groups is 1. The van der Waals surface area contributed by atoms with E-state index in [1.807, 2.05) is 0 Å². The van der Waals surface area contributed by atoms with E-state index in [1.54, 1.807) is 0 Å². The number of rotatable bonds is 8. The number of nitrogens with one attached hydrogen (secondary N) is 2. The van der Waals surface area contributed by atoms with Crippen molar-refractivity contribution in [2.45, 2.75) is 39.3 Å². The van der Waals surface area contributed by atoms with E-state index in [1.165, 1.54) is 49.2 Å². The Morgan fingerprint density at radius 3 is 2.38 bits per heavy atom. The Balaban J connectivity index is 0.00000289. The lowest BCUT2D eigenvalue weighted by atomic mass is 10.1. The monoisotopic (exact) mass is 547 g/mol. The molecule has 0 aliphatic carbocycles. The van der Waals surface area contributed by atoms with E-state index in [9.17, 15) is 0 Å². The lowest BCUT2D eigenvalue weighted by Crippen LogP contribution is -2.40. The van der Waals surface area contributed by atoms with E-state index in [-0.39, 0.29) is 24.0 Å². The minimum absolute atomic E-state index is 0. The van der Waals surface area contributed by atoms with Crippen LogP contribution in [0.4, 0.5) is 5.69 Å². The standard InChI is InChI=1S/C26H37N5.HI/c1-2-27-26(29-19-24-14-17-31(21-24)25-8-4-3-5-9-25)28-18-22-10-12-23(13-11-22)20-30-15-6-7-16-30;/h3-5,8-13,24H,2,6-7,14-21H2,1H3,(H2,27,28,29);1H. The average Bonchev–Trinajstić information content (AvgIpc) is 3.50. The Morgan fingerprint density at radius 1 is 0.938 bits per heavy atom. The first-order chi connectivity index (χ1) is 15.3. The summed E-state index contributed by atoms with van der Waals surface area (Å²) in [5.41, 5.74) is 4.00. The van der Waals surface area contributed by atoms with Gasteiger partial charge in [-0.05, 0) is 68.5 Å². The van der Waals surface area contributed by atoms with Crippen molar-refractivity contribution in [3.05, 3.63) is 65.7 Å². The van der Waals surface area contributed by atoms with Crippen LogP contribution >= 0.6 is 24.0 Å². The molecule has 2 saturated heterocycles. The summed E-state index contributed by atoms with van der Waals surface area (Å²) in [7, 11) is 0. The largest absolute Gasteiger partial charge is 0.371 e. The zero-order valence-electron chi connectivity index (χ0n) is 19.3. The molecular formula is C26H38IN5. The highest BCUT2D eigenvalue weighted by Gasteiger charge is 2.22. The van der Waals surface area contributed by atoms with Gasteiger partial charge in [0, 0.05) is 38.4 Å². The SMILES string of the molecule is CCNC(=NCc1ccc(CN2CCCC2)cc1)NCC1CCN(c2ccccc2)C1.I. The third kappa shape index (κ3) is 7.37. The highest BCUT2D eigenvalue weighted by Crippen LogP contribution is 2.23. The van der Waals surface area contributed by atoms with Crippen LogP contribution in [0, 0.1) is 5.92 Å². The molecule has 2 aliphatic heterocycles. The van der Waals surface area contributed by atoms with Crippen molar-refractivity contribution in [2.75, 3.05) is 44.2 Å². The summed E-state index contributed by atoms with van der Waals surface area (Å²) in [6.07, 6.45) is 3.91. The van der Waals surface area contributed by atoms with Crippen molar-refractivity contribution in [1.29, 1.82) is 0 Å². The molecule has 2 aromatic rings. The van der Waals surface area contributed by atoms with Gasteiger partial charge in [-0.3, -0.25) is 4.90 Å². The summed E-state index contributed by atoms with van der Waals surface area (Å²) in [6, 6.07) is 19.7. The van der Waals surface area contributed by atoms with E-state index in [0.29, 0.717) is 12.5 Å². The van der Waals surface area contributed by atoms with Gasteiger partial charge in [0.1, 0.15) is 0 Å². The smallest absolute Gasteiger partial charge is 0.191 e. The van der Waals surface area contributed by atoms with Crippen molar-refractivity contribution in [3.63, 3.8) is 0 Å². The molecule has 5 nitrogen and oxygen atoms in total.